The first-order valence-corrected chi connectivity index (χ1v) is 9.03. The summed E-state index contributed by atoms with van der Waals surface area (Å²) in [6.45, 7) is 5.34. The molecule has 1 aliphatic rings. The largest absolute Gasteiger partial charge is 0.323 e. The van der Waals surface area contributed by atoms with Crippen molar-refractivity contribution in [3.63, 3.8) is 0 Å². The molecule has 1 fully saturated rings. The average Bonchev–Trinajstić information content (AvgIpc) is 2.06. The predicted octanol–water partition coefficient (Wildman–Crippen LogP) is 2.72. The van der Waals surface area contributed by atoms with Gasteiger partial charge in [-0.25, -0.2) is 0 Å². The van der Waals surface area contributed by atoms with Gasteiger partial charge in [-0.2, -0.15) is 0 Å². The van der Waals surface area contributed by atoms with Gasteiger partial charge in [-0.15, -0.1) is 0 Å². The van der Waals surface area contributed by atoms with E-state index in [0.29, 0.717) is 0 Å². The quantitative estimate of drug-likeness (QED) is 0.601. The molecule has 2 atom stereocenters. The van der Waals surface area contributed by atoms with Crippen molar-refractivity contribution in [3.8, 4) is 0 Å². The van der Waals surface area contributed by atoms with Crippen molar-refractivity contribution in [1.82, 2.24) is 0 Å². The Morgan fingerprint density at radius 2 is 2.00 bits per heavy atom. The topological polar surface area (TPSA) is 34.1 Å². The van der Waals surface area contributed by atoms with E-state index in [1.807, 2.05) is 6.66 Å². The molecule has 0 radical (unpaired) electrons. The van der Waals surface area contributed by atoms with E-state index in [2.05, 4.69) is 0 Å². The van der Waals surface area contributed by atoms with Crippen LogP contribution in [0.1, 0.15) is 12.8 Å². The van der Waals surface area contributed by atoms with Gasteiger partial charge in [0, 0.05) is 6.16 Å². The summed E-state index contributed by atoms with van der Waals surface area (Å²) >= 11 is 0. The molecule has 0 aromatic carbocycles. The van der Waals surface area contributed by atoms with E-state index >= 15 is 0 Å². The Morgan fingerprint density at radius 3 is 2.18 bits per heavy atom. The van der Waals surface area contributed by atoms with Gasteiger partial charge in [0.25, 0.3) is 0 Å². The van der Waals surface area contributed by atoms with Crippen LogP contribution in [0.5, 0.6) is 0 Å². The van der Waals surface area contributed by atoms with Gasteiger partial charge in [-0.3, -0.25) is 0 Å². The van der Waals surface area contributed by atoms with Crippen LogP contribution in [0.2, 0.25) is 0 Å². The van der Waals surface area contributed by atoms with Crippen LogP contribution in [-0.4, -0.2) is 31.6 Å². The van der Waals surface area contributed by atoms with Gasteiger partial charge in [0.15, 0.2) is 0 Å². The second kappa shape index (κ2) is 2.75. The Labute approximate surface area is 68.5 Å². The normalized spacial score (nSPS) is 39.4. The fourth-order valence-electron chi connectivity index (χ4n) is 1.91. The van der Waals surface area contributed by atoms with Crippen LogP contribution in [0.3, 0.4) is 0 Å². The first-order valence-electron chi connectivity index (χ1n) is 3.95. The predicted molar refractivity (Wildman–Crippen MR) is 50.9 cm³/mol. The third-order valence-electron chi connectivity index (χ3n) is 2.41. The second-order valence-electron chi connectivity index (χ2n) is 3.95. The molecule has 0 bridgehead atoms. The van der Waals surface area contributed by atoms with Crippen LogP contribution in [0.25, 0.3) is 0 Å². The molecule has 2 unspecified atom stereocenters. The Bertz CT molecular complexity index is 241. The van der Waals surface area contributed by atoms with Gasteiger partial charge in [0.1, 0.15) is 0 Å². The highest BCUT2D eigenvalue weighted by atomic mass is 31.2. The minimum absolute atomic E-state index is 0.0370. The first kappa shape index (κ1) is 9.55. The van der Waals surface area contributed by atoms with Crippen molar-refractivity contribution in [3.05, 3.63) is 0 Å². The van der Waals surface area contributed by atoms with E-state index < -0.39 is 14.3 Å². The van der Waals surface area contributed by atoms with Crippen LogP contribution in [0.4, 0.5) is 0 Å². The molecule has 1 rings (SSSR count). The van der Waals surface area contributed by atoms with E-state index in [1.54, 1.807) is 13.3 Å². The van der Waals surface area contributed by atoms with Crippen molar-refractivity contribution in [2.45, 2.75) is 18.2 Å². The van der Waals surface area contributed by atoms with E-state index in [0.717, 1.165) is 19.0 Å². The molecule has 0 spiro atoms. The summed E-state index contributed by atoms with van der Waals surface area (Å²) in [6.07, 6.45) is 2.73. The molecular weight excluding hydrogens is 178 g/mol. The summed E-state index contributed by atoms with van der Waals surface area (Å²) < 4.78 is 23.5. The van der Waals surface area contributed by atoms with Gasteiger partial charge in [0.05, 0.1) is 19.7 Å². The third-order valence-corrected chi connectivity index (χ3v) is 9.96. The lowest BCUT2D eigenvalue weighted by molar-refractivity contribution is 0.569. The number of rotatable bonds is 1. The lowest BCUT2D eigenvalue weighted by Gasteiger charge is -2.20. The molecule has 0 saturated carbocycles. The van der Waals surface area contributed by atoms with E-state index in [4.69, 9.17) is 0 Å². The van der Waals surface area contributed by atoms with Crippen molar-refractivity contribution >= 4 is 14.3 Å². The van der Waals surface area contributed by atoms with Gasteiger partial charge >= 0.3 is 0 Å². The van der Waals surface area contributed by atoms with E-state index in [1.165, 1.54) is 0 Å². The van der Waals surface area contributed by atoms with Gasteiger partial charge < -0.3 is 9.13 Å². The molecule has 0 aromatic rings. The molecule has 1 heterocycles. The zero-order valence-electron chi connectivity index (χ0n) is 7.41. The lowest BCUT2D eigenvalue weighted by atomic mass is 10.4. The summed E-state index contributed by atoms with van der Waals surface area (Å²) in [5, 5.41) is 0.0370. The molecule has 0 N–H and O–H groups in total. The number of hydrogen-bond acceptors (Lipinski definition) is 2. The fraction of sp³-hybridized carbons (Fsp3) is 1.00. The smallest absolute Gasteiger partial charge is 0.0947 e. The zero-order valence-corrected chi connectivity index (χ0v) is 9.20. The van der Waals surface area contributed by atoms with Crippen molar-refractivity contribution in [2.24, 2.45) is 0 Å². The van der Waals surface area contributed by atoms with Crippen LogP contribution in [-0.2, 0) is 9.13 Å². The Balaban J connectivity index is 2.91. The highest BCUT2D eigenvalue weighted by molar-refractivity contribution is 7.81. The molecule has 11 heavy (non-hydrogen) atoms. The van der Waals surface area contributed by atoms with Gasteiger partial charge in [-0.1, -0.05) is 0 Å². The van der Waals surface area contributed by atoms with E-state index in [-0.39, 0.29) is 5.40 Å². The van der Waals surface area contributed by atoms with Crippen molar-refractivity contribution in [1.29, 1.82) is 0 Å². The molecule has 1 saturated heterocycles. The lowest BCUT2D eigenvalue weighted by Crippen LogP contribution is -2.01. The molecule has 0 aromatic heterocycles. The Hall–Kier alpha value is 0.460. The summed E-state index contributed by atoms with van der Waals surface area (Å²) in [5.74, 6) is 0. The van der Waals surface area contributed by atoms with Crippen LogP contribution in [0, 0.1) is 0 Å². The molecular formula is C7H16O2P2. The maximum Gasteiger partial charge on any atom is 0.0947 e. The summed E-state index contributed by atoms with van der Waals surface area (Å²) in [5.41, 5.74) is 0. The Morgan fingerprint density at radius 1 is 1.45 bits per heavy atom. The minimum Gasteiger partial charge on any atom is -0.323 e. The minimum atomic E-state index is -2.10. The first-order chi connectivity index (χ1) is 4.84. The van der Waals surface area contributed by atoms with Crippen LogP contribution in [0.15, 0.2) is 0 Å². The number of hydrogen-bond donors (Lipinski definition) is 0. The standard InChI is InChI=1S/C7H16O2P2/c1-10(2,8)7-5-4-6-11(7,3)9/h7H,4-6H2,1-3H3. The highest BCUT2D eigenvalue weighted by Crippen LogP contribution is 2.68. The Kier molecular flexibility index (Phi) is 2.38. The molecule has 4 heteroatoms. The summed E-state index contributed by atoms with van der Waals surface area (Å²) in [6, 6.07) is 0. The van der Waals surface area contributed by atoms with Gasteiger partial charge in [0.2, 0.25) is 0 Å². The summed E-state index contributed by atoms with van der Waals surface area (Å²) in [7, 11) is -4.14. The van der Waals surface area contributed by atoms with Crippen molar-refractivity contribution in [2.75, 3.05) is 26.2 Å². The maximum atomic E-state index is 11.8. The third kappa shape index (κ3) is 1.98. The second-order valence-corrected chi connectivity index (χ2v) is 11.3. The molecule has 1 aliphatic heterocycles. The van der Waals surface area contributed by atoms with E-state index in [9.17, 15) is 9.13 Å². The SMILES string of the molecule is CP(C)(=O)C1CCCP1(C)=O. The zero-order chi connectivity index (χ0) is 8.70. The van der Waals surface area contributed by atoms with Crippen molar-refractivity contribution < 1.29 is 9.13 Å². The molecule has 0 aliphatic carbocycles. The average molecular weight is 194 g/mol. The monoisotopic (exact) mass is 194 g/mol. The highest BCUT2D eigenvalue weighted by Gasteiger charge is 2.40. The molecule has 0 amide bonds. The molecule has 66 valence electrons. The fourth-order valence-corrected chi connectivity index (χ4v) is 9.60. The van der Waals surface area contributed by atoms with Gasteiger partial charge in [-0.05, 0) is 32.8 Å². The van der Waals surface area contributed by atoms with Crippen LogP contribution >= 0.6 is 14.3 Å². The van der Waals surface area contributed by atoms with Crippen LogP contribution < -0.4 is 0 Å². The molecule has 2 nitrogen and oxygen atoms in total. The maximum absolute atomic E-state index is 11.8. The summed E-state index contributed by atoms with van der Waals surface area (Å²) in [4.78, 5) is 0.